The SMILES string of the molecule is CCN1/C(=C\C=C\C2=[N+](CCCCCC(=O)N/C=C/c3cn([C@H]4CC(O)[C@@H](COP(=O)(O)OP(=O)(O)OP(=O)(O)O)O4)c(=O)[nH]c3=O)c3ccc(SOON)cc3C2(C)C)C(C)(C)c2cc(S(N)(=O)=O)ccc21. The van der Waals surface area contributed by atoms with Gasteiger partial charge in [-0.2, -0.15) is 19.1 Å². The molecule has 11 N–H and O–H groups in total. The summed E-state index contributed by atoms with van der Waals surface area (Å²) in [5.41, 5.74) is 2.85. The van der Waals surface area contributed by atoms with Crippen LogP contribution in [0.5, 0.6) is 0 Å². The Labute approximate surface area is 422 Å². The van der Waals surface area contributed by atoms with E-state index in [2.05, 4.69) is 57.8 Å². The number of phosphoric acid groups is 3. The van der Waals surface area contributed by atoms with E-state index in [0.717, 1.165) is 61.6 Å². The van der Waals surface area contributed by atoms with Crippen LogP contribution in [0.2, 0.25) is 0 Å². The van der Waals surface area contributed by atoms with Gasteiger partial charge in [0.05, 0.1) is 40.6 Å². The minimum Gasteiger partial charge on any atom is -0.390 e. The van der Waals surface area contributed by atoms with Crippen LogP contribution >= 0.6 is 35.5 Å². The molecule has 5 atom stereocenters. The zero-order valence-electron chi connectivity index (χ0n) is 39.9. The molecule has 400 valence electrons. The topological polar surface area (TPSA) is 384 Å². The Morgan fingerprint density at radius 2 is 1.73 bits per heavy atom. The largest absolute Gasteiger partial charge is 0.490 e. The van der Waals surface area contributed by atoms with Gasteiger partial charge in [0.15, 0.2) is 5.71 Å². The summed E-state index contributed by atoms with van der Waals surface area (Å²) in [5, 5.41) is 18.6. The molecule has 1 saturated heterocycles. The van der Waals surface area contributed by atoms with Crippen molar-refractivity contribution in [3.05, 3.63) is 110 Å². The summed E-state index contributed by atoms with van der Waals surface area (Å²) >= 11 is 0.975. The minimum atomic E-state index is -5.80. The molecule has 0 bridgehead atoms. The summed E-state index contributed by atoms with van der Waals surface area (Å²) in [6.07, 6.45) is 7.18. The van der Waals surface area contributed by atoms with Gasteiger partial charge in [0.25, 0.3) is 5.56 Å². The normalized spacial score (nSPS) is 21.8. The molecule has 1 fully saturated rings. The summed E-state index contributed by atoms with van der Waals surface area (Å²) in [6.45, 7) is 10.6. The monoisotopic (exact) mass is 1120 g/mol. The van der Waals surface area contributed by atoms with Crippen molar-refractivity contribution < 1.29 is 83.4 Å². The van der Waals surface area contributed by atoms with Crippen molar-refractivity contribution in [1.29, 1.82) is 0 Å². The van der Waals surface area contributed by atoms with Crippen LogP contribution in [0.25, 0.3) is 6.08 Å². The van der Waals surface area contributed by atoms with Crippen LogP contribution in [0, 0.1) is 0 Å². The molecule has 31 heteroatoms. The number of fused-ring (bicyclic) bond motifs is 2. The van der Waals surface area contributed by atoms with Crippen LogP contribution in [-0.2, 0) is 66.5 Å². The second-order valence-corrected chi connectivity index (χ2v) is 24.6. The molecule has 3 unspecified atom stereocenters. The number of hydrogen-bond donors (Lipinski definition) is 9. The van der Waals surface area contributed by atoms with Gasteiger partial charge in [-0.25, -0.2) is 32.0 Å². The molecule has 6 rings (SSSR count). The maximum atomic E-state index is 12.9. The maximum absolute atomic E-state index is 12.9. The number of anilines is 1. The standard InChI is InChI=1S/C42H56N7O19P3S2/c1-6-47-31-17-15-28(73(44,61)62)22-30(31)42(4,5)35(47)11-10-12-36-41(2,3)29-21-27(72-66-65-43)14-16-32(29)48(36)20-9-7-8-13-37(51)45-19-18-26-24-49(40(53)46-39(26)52)38-23-33(50)34(64-38)25-63-70(57,58)68-71(59,60)67-69(54,55)56/h10-12,14-19,21-22,24,33-34,38,50H,6-9,13,20,23,25,43H2,1-5H3,(H7-,44,45,46,51,52,53,54,55,56,57,58,59,60,61,62)/p+1/b19-18+/t33?,34-,38-/m1/s1. The Hall–Kier alpha value is -4.25. The lowest BCUT2D eigenvalue weighted by Crippen LogP contribution is -2.33. The lowest BCUT2D eigenvalue weighted by Gasteiger charge is -2.25. The molecular formula is C42H57N7O19P3S2+. The molecule has 3 aliphatic heterocycles. The summed E-state index contributed by atoms with van der Waals surface area (Å²) in [6, 6.07) is 10.9. The molecular weight excluding hydrogens is 1060 g/mol. The van der Waals surface area contributed by atoms with Crippen LogP contribution < -0.4 is 32.5 Å². The Morgan fingerprint density at radius 3 is 2.40 bits per heavy atom. The molecule has 4 heterocycles. The number of unbranched alkanes of at least 4 members (excludes halogenated alkanes) is 2. The number of benzene rings is 2. The van der Waals surface area contributed by atoms with Crippen molar-refractivity contribution in [3.8, 4) is 0 Å². The smallest absolute Gasteiger partial charge is 0.390 e. The summed E-state index contributed by atoms with van der Waals surface area (Å²) in [4.78, 5) is 84.2. The second kappa shape index (κ2) is 22.9. The molecule has 0 aliphatic carbocycles. The van der Waals surface area contributed by atoms with E-state index in [1.54, 1.807) is 12.1 Å². The number of carbonyl (C=O) groups excluding carboxylic acids is 1. The number of aromatic amines is 1. The minimum absolute atomic E-state index is 0.0460. The van der Waals surface area contributed by atoms with E-state index < -0.39 is 80.6 Å². The number of ether oxygens (including phenoxy) is 1. The summed E-state index contributed by atoms with van der Waals surface area (Å²) in [7, 11) is -20.9. The zero-order chi connectivity index (χ0) is 53.9. The number of aliphatic hydroxyl groups is 1. The van der Waals surface area contributed by atoms with Gasteiger partial charge in [-0.1, -0.05) is 19.9 Å². The van der Waals surface area contributed by atoms with Crippen molar-refractivity contribution >= 4 is 74.6 Å². The molecule has 1 aromatic heterocycles. The Morgan fingerprint density at radius 1 is 1.00 bits per heavy atom. The van der Waals surface area contributed by atoms with Crippen molar-refractivity contribution in [3.63, 3.8) is 0 Å². The van der Waals surface area contributed by atoms with Gasteiger partial charge in [-0.15, -0.1) is 9.32 Å². The average Bonchev–Trinajstić information content (AvgIpc) is 3.83. The van der Waals surface area contributed by atoms with Crippen LogP contribution in [0.4, 0.5) is 11.4 Å². The lowest BCUT2D eigenvalue weighted by atomic mass is 9.81. The molecule has 0 radical (unpaired) electrons. The van der Waals surface area contributed by atoms with Gasteiger partial charge in [0, 0.05) is 77.6 Å². The number of carbonyl (C=O) groups is 1. The van der Waals surface area contributed by atoms with Gasteiger partial charge in [-0.3, -0.25) is 23.7 Å². The number of nitrogens with two attached hydrogens (primary N) is 2. The van der Waals surface area contributed by atoms with Gasteiger partial charge in [-0.05, 0) is 81.7 Å². The molecule has 26 nitrogen and oxygen atoms in total. The maximum Gasteiger partial charge on any atom is 0.490 e. The summed E-state index contributed by atoms with van der Waals surface area (Å²) < 4.78 is 84.6. The number of phosphoric ester groups is 1. The first kappa shape index (κ1) is 58.0. The molecule has 1 amide bonds. The first-order chi connectivity index (χ1) is 34.0. The van der Waals surface area contributed by atoms with E-state index in [1.165, 1.54) is 18.3 Å². The van der Waals surface area contributed by atoms with E-state index in [1.807, 2.05) is 51.1 Å². The van der Waals surface area contributed by atoms with Gasteiger partial charge in [0.1, 0.15) is 18.9 Å². The molecule has 73 heavy (non-hydrogen) atoms. The fourth-order valence-corrected chi connectivity index (χ4v) is 12.8. The highest BCUT2D eigenvalue weighted by Gasteiger charge is 2.46. The van der Waals surface area contributed by atoms with Crippen LogP contribution in [0.15, 0.2) is 92.1 Å². The third kappa shape index (κ3) is 14.2. The number of rotatable bonds is 23. The van der Waals surface area contributed by atoms with Crippen molar-refractivity contribution in [2.45, 2.75) is 106 Å². The van der Waals surface area contributed by atoms with Crippen molar-refractivity contribution in [2.24, 2.45) is 11.0 Å². The number of aliphatic hydroxyl groups excluding tert-OH is 1. The number of nitrogens with one attached hydrogen (secondary N) is 2. The number of nitrogens with zero attached hydrogens (tertiary/aromatic N) is 3. The molecule has 3 aromatic rings. The molecule has 0 spiro atoms. The van der Waals surface area contributed by atoms with Crippen molar-refractivity contribution in [1.82, 2.24) is 14.9 Å². The Kier molecular flexibility index (Phi) is 18.2. The molecule has 0 saturated carbocycles. The Bertz CT molecular complexity index is 3120. The fraction of sp³-hybridized carbons (Fsp3) is 0.429. The van der Waals surface area contributed by atoms with Gasteiger partial charge >= 0.3 is 29.2 Å². The fourth-order valence-electron chi connectivity index (χ4n) is 8.78. The predicted octanol–water partition coefficient (Wildman–Crippen LogP) is 3.99. The highest BCUT2D eigenvalue weighted by molar-refractivity contribution is 7.94. The third-order valence-corrected chi connectivity index (χ3v) is 17.5. The highest BCUT2D eigenvalue weighted by Crippen LogP contribution is 2.66. The highest BCUT2D eigenvalue weighted by atomic mass is 32.2. The van der Waals surface area contributed by atoms with Crippen LogP contribution in [-0.4, -0.2) is 90.7 Å². The van der Waals surface area contributed by atoms with Crippen LogP contribution in [0.1, 0.15) is 89.6 Å². The zero-order valence-corrected chi connectivity index (χ0v) is 44.2. The van der Waals surface area contributed by atoms with Crippen molar-refractivity contribution in [2.75, 3.05) is 24.6 Å². The number of hydrogen-bond acceptors (Lipinski definition) is 18. The predicted molar refractivity (Wildman–Crippen MR) is 264 cm³/mol. The number of H-pyrrole nitrogens is 1. The number of aromatic nitrogens is 2. The molecule has 3 aliphatic rings. The quantitative estimate of drug-likeness (QED) is 0.0162. The van der Waals surface area contributed by atoms with Gasteiger partial charge in [0.2, 0.25) is 21.6 Å². The Balaban J connectivity index is 1.08. The second-order valence-electron chi connectivity index (χ2n) is 17.9. The van der Waals surface area contributed by atoms with E-state index in [0.29, 0.717) is 32.4 Å². The first-order valence-electron chi connectivity index (χ1n) is 22.2. The third-order valence-electron chi connectivity index (χ3n) is 12.2. The average molecular weight is 1120 g/mol. The number of primary sulfonamides is 1. The van der Waals surface area contributed by atoms with E-state index >= 15 is 0 Å². The van der Waals surface area contributed by atoms with E-state index in [9.17, 15) is 51.4 Å². The number of allylic oxidation sites excluding steroid dienone is 4. The number of sulfonamides is 1. The first-order valence-corrected chi connectivity index (χ1v) is 29.1. The van der Waals surface area contributed by atoms with E-state index in [4.69, 9.17) is 29.9 Å². The number of likely N-dealkylation sites (N-methyl/N-ethyl adjacent to an activating group) is 1. The van der Waals surface area contributed by atoms with Crippen LogP contribution in [0.3, 0.4) is 0 Å². The van der Waals surface area contributed by atoms with Gasteiger partial charge < -0.3 is 39.6 Å². The summed E-state index contributed by atoms with van der Waals surface area (Å²) in [5.74, 6) is 4.75. The number of amides is 1. The molecule has 2 aromatic carbocycles. The lowest BCUT2D eigenvalue weighted by molar-refractivity contribution is -0.438. The van der Waals surface area contributed by atoms with E-state index in [-0.39, 0.29) is 29.2 Å².